The third kappa shape index (κ3) is 2.44. The predicted octanol–water partition coefficient (Wildman–Crippen LogP) is 2.14. The summed E-state index contributed by atoms with van der Waals surface area (Å²) >= 11 is 0. The van der Waals surface area contributed by atoms with Crippen molar-refractivity contribution >= 4 is 0 Å². The van der Waals surface area contributed by atoms with Gasteiger partial charge in [-0.05, 0) is 25.8 Å². The maximum atomic E-state index is 5.74. The molecule has 3 unspecified atom stereocenters. The fourth-order valence-corrected chi connectivity index (χ4v) is 2.28. The summed E-state index contributed by atoms with van der Waals surface area (Å²) in [6.07, 6.45) is 3.16. The lowest BCUT2D eigenvalue weighted by molar-refractivity contribution is -0.0138. The molecule has 0 aromatic carbocycles. The van der Waals surface area contributed by atoms with E-state index in [1.807, 2.05) is 13.8 Å². The van der Waals surface area contributed by atoms with E-state index >= 15 is 0 Å². The Hall–Kier alpha value is -0.0800. The van der Waals surface area contributed by atoms with E-state index in [4.69, 9.17) is 4.74 Å². The number of likely N-dealkylation sites (N-methyl/N-ethyl adjacent to an activating group) is 1. The summed E-state index contributed by atoms with van der Waals surface area (Å²) in [7, 11) is 2.22. The molecule has 0 aliphatic carbocycles. The number of nitrogens with zero attached hydrogens (tertiary/aromatic N) is 1. The average molecular weight is 185 g/mol. The normalized spacial score (nSPS) is 39.2. The summed E-state index contributed by atoms with van der Waals surface area (Å²) in [6.45, 7) is 8.48. The monoisotopic (exact) mass is 185 g/mol. The minimum Gasteiger partial charge on any atom is -0.376 e. The van der Waals surface area contributed by atoms with Crippen molar-refractivity contribution in [3.05, 3.63) is 0 Å². The maximum Gasteiger partial charge on any atom is 0.0625 e. The maximum absolute atomic E-state index is 5.74. The van der Waals surface area contributed by atoms with E-state index in [0.717, 1.165) is 12.5 Å². The second-order valence-corrected chi connectivity index (χ2v) is 4.02. The molecule has 0 aromatic rings. The van der Waals surface area contributed by atoms with Gasteiger partial charge in [0.1, 0.15) is 0 Å². The molecule has 0 aromatic heterocycles. The molecule has 3 aliphatic heterocycles. The van der Waals surface area contributed by atoms with E-state index in [0.29, 0.717) is 12.1 Å². The van der Waals surface area contributed by atoms with E-state index < -0.39 is 0 Å². The number of rotatable bonds is 0. The van der Waals surface area contributed by atoms with Gasteiger partial charge >= 0.3 is 0 Å². The van der Waals surface area contributed by atoms with E-state index in [1.54, 1.807) is 0 Å². The topological polar surface area (TPSA) is 12.5 Å². The molecule has 0 saturated carbocycles. The smallest absolute Gasteiger partial charge is 0.0625 e. The molecule has 0 N–H and O–H groups in total. The van der Waals surface area contributed by atoms with Crippen LogP contribution in [0.4, 0.5) is 0 Å². The molecule has 3 atom stereocenters. The van der Waals surface area contributed by atoms with Crippen molar-refractivity contribution in [3.63, 3.8) is 0 Å². The highest BCUT2D eigenvalue weighted by Gasteiger charge is 2.33. The van der Waals surface area contributed by atoms with Crippen LogP contribution in [0.25, 0.3) is 0 Å². The minimum absolute atomic E-state index is 0.552. The van der Waals surface area contributed by atoms with Gasteiger partial charge in [-0.15, -0.1) is 0 Å². The number of fused-ring (bicyclic) bond motifs is 4. The lowest BCUT2D eigenvalue weighted by atomic mass is 9.99. The highest BCUT2D eigenvalue weighted by Crippen LogP contribution is 2.27. The first-order valence-corrected chi connectivity index (χ1v) is 5.59. The van der Waals surface area contributed by atoms with Gasteiger partial charge in [0.15, 0.2) is 0 Å². The molecule has 2 heteroatoms. The third-order valence-electron chi connectivity index (χ3n) is 3.12. The minimum atomic E-state index is 0.552. The van der Waals surface area contributed by atoms with Gasteiger partial charge in [0.25, 0.3) is 0 Å². The summed E-state index contributed by atoms with van der Waals surface area (Å²) < 4.78 is 5.74. The second kappa shape index (κ2) is 4.97. The van der Waals surface area contributed by atoms with Crippen LogP contribution in [-0.2, 0) is 4.74 Å². The molecular weight excluding hydrogens is 162 g/mol. The van der Waals surface area contributed by atoms with Crippen molar-refractivity contribution in [1.29, 1.82) is 0 Å². The Kier molecular flexibility index (Phi) is 4.20. The summed E-state index contributed by atoms with van der Waals surface area (Å²) in [4.78, 5) is 2.46. The van der Waals surface area contributed by atoms with Gasteiger partial charge in [-0.3, -0.25) is 0 Å². The Bertz CT molecular complexity index is 125. The van der Waals surface area contributed by atoms with Crippen molar-refractivity contribution in [3.8, 4) is 0 Å². The van der Waals surface area contributed by atoms with E-state index in [1.165, 1.54) is 19.4 Å². The quantitative estimate of drug-likeness (QED) is 0.573. The summed E-state index contributed by atoms with van der Waals surface area (Å²) in [6, 6.07) is 0.705. The van der Waals surface area contributed by atoms with Crippen LogP contribution in [0.1, 0.15) is 33.6 Å². The van der Waals surface area contributed by atoms with Crippen LogP contribution < -0.4 is 0 Å². The fraction of sp³-hybridized carbons (Fsp3) is 1.00. The van der Waals surface area contributed by atoms with Crippen molar-refractivity contribution in [2.24, 2.45) is 5.92 Å². The molecular formula is C11H23NO. The molecule has 3 heterocycles. The summed E-state index contributed by atoms with van der Waals surface area (Å²) in [5, 5.41) is 0. The van der Waals surface area contributed by atoms with Crippen LogP contribution in [-0.4, -0.2) is 37.2 Å². The molecule has 3 aliphatic rings. The average Bonchev–Trinajstić information content (AvgIpc) is 2.40. The number of hydrogen-bond acceptors (Lipinski definition) is 2. The van der Waals surface area contributed by atoms with E-state index in [-0.39, 0.29) is 0 Å². The molecule has 3 saturated heterocycles. The highest BCUT2D eigenvalue weighted by molar-refractivity contribution is 4.85. The third-order valence-corrected chi connectivity index (χ3v) is 3.12. The number of hydrogen-bond donors (Lipinski definition) is 0. The van der Waals surface area contributed by atoms with Crippen molar-refractivity contribution < 1.29 is 4.74 Å². The summed E-state index contributed by atoms with van der Waals surface area (Å²) in [5.74, 6) is 0.729. The Morgan fingerprint density at radius 1 is 1.23 bits per heavy atom. The molecule has 13 heavy (non-hydrogen) atoms. The zero-order chi connectivity index (χ0) is 9.84. The van der Waals surface area contributed by atoms with Crippen LogP contribution in [0.15, 0.2) is 0 Å². The fourth-order valence-electron chi connectivity index (χ4n) is 2.28. The molecule has 0 spiro atoms. The molecule has 78 valence electrons. The van der Waals surface area contributed by atoms with Crippen molar-refractivity contribution in [1.82, 2.24) is 4.90 Å². The molecule has 0 amide bonds. The first-order chi connectivity index (χ1) is 6.27. The molecule has 3 rings (SSSR count). The van der Waals surface area contributed by atoms with Crippen LogP contribution in [0.5, 0.6) is 0 Å². The molecule has 0 radical (unpaired) electrons. The van der Waals surface area contributed by atoms with Gasteiger partial charge in [0, 0.05) is 12.6 Å². The van der Waals surface area contributed by atoms with Gasteiger partial charge in [-0.1, -0.05) is 20.8 Å². The van der Waals surface area contributed by atoms with E-state index in [9.17, 15) is 0 Å². The SMILES string of the molecule is CC.CC1CN(C)C2CCC1OC2. The van der Waals surface area contributed by atoms with Gasteiger partial charge in [0.05, 0.1) is 12.7 Å². The van der Waals surface area contributed by atoms with Crippen LogP contribution in [0.2, 0.25) is 0 Å². The zero-order valence-electron chi connectivity index (χ0n) is 9.42. The lowest BCUT2D eigenvalue weighted by Gasteiger charge is -2.27. The van der Waals surface area contributed by atoms with Gasteiger partial charge in [0.2, 0.25) is 0 Å². The van der Waals surface area contributed by atoms with Gasteiger partial charge in [-0.25, -0.2) is 0 Å². The Morgan fingerprint density at radius 2 is 1.92 bits per heavy atom. The van der Waals surface area contributed by atoms with Crippen LogP contribution in [0.3, 0.4) is 0 Å². The predicted molar refractivity (Wildman–Crippen MR) is 55.9 cm³/mol. The van der Waals surface area contributed by atoms with Crippen molar-refractivity contribution in [2.75, 3.05) is 20.2 Å². The van der Waals surface area contributed by atoms with Crippen molar-refractivity contribution in [2.45, 2.75) is 45.8 Å². The molecule has 3 fully saturated rings. The van der Waals surface area contributed by atoms with Gasteiger partial charge < -0.3 is 9.64 Å². The van der Waals surface area contributed by atoms with Crippen LogP contribution >= 0.6 is 0 Å². The first kappa shape index (κ1) is 11.0. The van der Waals surface area contributed by atoms with Crippen LogP contribution in [0, 0.1) is 5.92 Å². The Labute approximate surface area is 82.3 Å². The number of ether oxygens (including phenoxy) is 1. The Balaban J connectivity index is 0.000000396. The molecule has 2 nitrogen and oxygen atoms in total. The first-order valence-electron chi connectivity index (χ1n) is 5.59. The molecule has 2 bridgehead atoms. The highest BCUT2D eigenvalue weighted by atomic mass is 16.5. The summed E-state index contributed by atoms with van der Waals surface area (Å²) in [5.41, 5.74) is 0. The Morgan fingerprint density at radius 3 is 2.46 bits per heavy atom. The lowest BCUT2D eigenvalue weighted by Crippen LogP contribution is -2.35. The standard InChI is InChI=1S/C9H17NO.C2H6/c1-7-5-10(2)8-3-4-9(7)11-6-8;1-2/h7-9H,3-6H2,1-2H3;1-2H3. The van der Waals surface area contributed by atoms with Gasteiger partial charge in [-0.2, -0.15) is 0 Å². The second-order valence-electron chi connectivity index (χ2n) is 4.02. The van der Waals surface area contributed by atoms with E-state index in [2.05, 4.69) is 18.9 Å². The largest absolute Gasteiger partial charge is 0.376 e. The zero-order valence-corrected chi connectivity index (χ0v) is 9.42.